The van der Waals surface area contributed by atoms with Gasteiger partial charge in [-0.2, -0.15) is 0 Å². The smallest absolute Gasteiger partial charge is 0.255 e. The van der Waals surface area contributed by atoms with Crippen LogP contribution in [0, 0.1) is 0 Å². The van der Waals surface area contributed by atoms with E-state index in [1.54, 1.807) is 13.2 Å². The van der Waals surface area contributed by atoms with Gasteiger partial charge in [0.25, 0.3) is 5.91 Å². The predicted octanol–water partition coefficient (Wildman–Crippen LogP) is 2.34. The predicted molar refractivity (Wildman–Crippen MR) is 69.0 cm³/mol. The maximum absolute atomic E-state index is 12.0. The van der Waals surface area contributed by atoms with E-state index in [-0.39, 0.29) is 29.4 Å². The number of benzene rings is 1. The fraction of sp³-hybridized carbons (Fsp3) is 0.462. The molecule has 0 radical (unpaired) electrons. The molecule has 5 heteroatoms. The first-order valence-electron chi connectivity index (χ1n) is 5.94. The Bertz CT molecular complexity index is 450. The molecule has 2 N–H and O–H groups in total. The van der Waals surface area contributed by atoms with E-state index in [0.29, 0.717) is 5.02 Å². The summed E-state index contributed by atoms with van der Waals surface area (Å²) < 4.78 is 5.31. The summed E-state index contributed by atoms with van der Waals surface area (Å²) in [6.45, 7) is 0. The average molecular weight is 270 g/mol. The van der Waals surface area contributed by atoms with Gasteiger partial charge in [-0.1, -0.05) is 11.6 Å². The zero-order valence-corrected chi connectivity index (χ0v) is 10.9. The molecule has 1 aliphatic carbocycles. The number of aromatic hydroxyl groups is 1. The monoisotopic (exact) mass is 269 g/mol. The quantitative estimate of drug-likeness (QED) is 0.886. The molecule has 2 rings (SSSR count). The summed E-state index contributed by atoms with van der Waals surface area (Å²) >= 11 is 5.73. The SMILES string of the molecule is COC1CCCC1NC(=O)c1ccc(Cl)cc1O. The summed E-state index contributed by atoms with van der Waals surface area (Å²) in [4.78, 5) is 12.0. The van der Waals surface area contributed by atoms with Gasteiger partial charge in [0, 0.05) is 12.1 Å². The lowest BCUT2D eigenvalue weighted by Crippen LogP contribution is -2.40. The number of hydrogen-bond donors (Lipinski definition) is 2. The van der Waals surface area contributed by atoms with Gasteiger partial charge in [0.15, 0.2) is 0 Å². The highest BCUT2D eigenvalue weighted by atomic mass is 35.5. The largest absolute Gasteiger partial charge is 0.507 e. The van der Waals surface area contributed by atoms with Crippen LogP contribution in [0.3, 0.4) is 0 Å². The van der Waals surface area contributed by atoms with Crippen molar-refractivity contribution in [1.82, 2.24) is 5.32 Å². The Hall–Kier alpha value is -1.26. The van der Waals surface area contributed by atoms with Crippen LogP contribution in [0.15, 0.2) is 18.2 Å². The van der Waals surface area contributed by atoms with Crippen LogP contribution in [-0.2, 0) is 4.74 Å². The van der Waals surface area contributed by atoms with Gasteiger partial charge in [0.2, 0.25) is 0 Å². The van der Waals surface area contributed by atoms with E-state index in [4.69, 9.17) is 16.3 Å². The number of ether oxygens (including phenoxy) is 1. The van der Waals surface area contributed by atoms with E-state index in [2.05, 4.69) is 5.32 Å². The summed E-state index contributed by atoms with van der Waals surface area (Å²) in [5, 5.41) is 13.0. The van der Waals surface area contributed by atoms with Crippen molar-refractivity contribution in [2.24, 2.45) is 0 Å². The van der Waals surface area contributed by atoms with Crippen LogP contribution in [0.1, 0.15) is 29.6 Å². The van der Waals surface area contributed by atoms with Crippen LogP contribution in [0.5, 0.6) is 5.75 Å². The number of nitrogens with one attached hydrogen (secondary N) is 1. The molecule has 0 aliphatic heterocycles. The number of carbonyl (C=O) groups is 1. The highest BCUT2D eigenvalue weighted by Crippen LogP contribution is 2.24. The van der Waals surface area contributed by atoms with Crippen molar-refractivity contribution >= 4 is 17.5 Å². The zero-order chi connectivity index (χ0) is 13.1. The normalized spacial score (nSPS) is 23.0. The number of amides is 1. The highest BCUT2D eigenvalue weighted by Gasteiger charge is 2.29. The van der Waals surface area contributed by atoms with E-state index in [1.807, 2.05) is 0 Å². The molecule has 18 heavy (non-hydrogen) atoms. The third-order valence-corrected chi connectivity index (χ3v) is 3.51. The molecule has 0 saturated heterocycles. The first kappa shape index (κ1) is 13.2. The van der Waals surface area contributed by atoms with Crippen molar-refractivity contribution in [2.75, 3.05) is 7.11 Å². The molecule has 4 nitrogen and oxygen atoms in total. The summed E-state index contributed by atoms with van der Waals surface area (Å²) in [5.74, 6) is -0.398. The van der Waals surface area contributed by atoms with Crippen LogP contribution in [0.4, 0.5) is 0 Å². The van der Waals surface area contributed by atoms with Gasteiger partial charge < -0.3 is 15.2 Å². The van der Waals surface area contributed by atoms with Crippen molar-refractivity contribution < 1.29 is 14.6 Å². The number of halogens is 1. The fourth-order valence-electron chi connectivity index (χ4n) is 2.32. The standard InChI is InChI=1S/C13H16ClNO3/c1-18-12-4-2-3-10(12)15-13(17)9-6-5-8(14)7-11(9)16/h5-7,10,12,16H,2-4H2,1H3,(H,15,17). The number of hydrogen-bond acceptors (Lipinski definition) is 3. The van der Waals surface area contributed by atoms with Crippen LogP contribution in [-0.4, -0.2) is 30.3 Å². The first-order chi connectivity index (χ1) is 8.61. The summed E-state index contributed by atoms with van der Waals surface area (Å²) in [5.41, 5.74) is 0.237. The molecule has 2 atom stereocenters. The van der Waals surface area contributed by atoms with Gasteiger partial charge in [-0.05, 0) is 37.5 Å². The summed E-state index contributed by atoms with van der Waals surface area (Å²) in [6.07, 6.45) is 2.95. The summed E-state index contributed by atoms with van der Waals surface area (Å²) in [7, 11) is 1.65. The van der Waals surface area contributed by atoms with Crippen LogP contribution in [0.2, 0.25) is 5.02 Å². The van der Waals surface area contributed by atoms with Gasteiger partial charge in [-0.15, -0.1) is 0 Å². The van der Waals surface area contributed by atoms with E-state index in [1.165, 1.54) is 12.1 Å². The van der Waals surface area contributed by atoms with E-state index in [9.17, 15) is 9.90 Å². The molecule has 1 amide bonds. The number of carbonyl (C=O) groups excluding carboxylic acids is 1. The maximum Gasteiger partial charge on any atom is 0.255 e. The van der Waals surface area contributed by atoms with Crippen molar-refractivity contribution in [3.63, 3.8) is 0 Å². The Labute approximate surface area is 111 Å². The third-order valence-electron chi connectivity index (χ3n) is 3.28. The number of phenols is 1. The number of phenolic OH excluding ortho intramolecular Hbond substituents is 1. The Morgan fingerprint density at radius 3 is 2.94 bits per heavy atom. The van der Waals surface area contributed by atoms with Gasteiger partial charge in [0.05, 0.1) is 17.7 Å². The Morgan fingerprint density at radius 1 is 1.50 bits per heavy atom. The number of rotatable bonds is 3. The molecule has 0 heterocycles. The maximum atomic E-state index is 12.0. The highest BCUT2D eigenvalue weighted by molar-refractivity contribution is 6.30. The van der Waals surface area contributed by atoms with Crippen LogP contribution >= 0.6 is 11.6 Å². The lowest BCUT2D eigenvalue weighted by atomic mass is 10.1. The van der Waals surface area contributed by atoms with Gasteiger partial charge in [-0.3, -0.25) is 4.79 Å². The Balaban J connectivity index is 2.07. The van der Waals surface area contributed by atoms with Crippen molar-refractivity contribution in [3.8, 4) is 5.75 Å². The van der Waals surface area contributed by atoms with Crippen molar-refractivity contribution in [1.29, 1.82) is 0 Å². The van der Waals surface area contributed by atoms with Crippen molar-refractivity contribution in [2.45, 2.75) is 31.4 Å². The molecule has 1 aromatic rings. The molecule has 1 fully saturated rings. The minimum absolute atomic E-state index is 0.0116. The molecule has 0 spiro atoms. The van der Waals surface area contributed by atoms with Gasteiger partial charge in [-0.25, -0.2) is 0 Å². The van der Waals surface area contributed by atoms with Crippen LogP contribution in [0.25, 0.3) is 0 Å². The van der Waals surface area contributed by atoms with E-state index in [0.717, 1.165) is 19.3 Å². The second-order valence-electron chi connectivity index (χ2n) is 4.45. The Morgan fingerprint density at radius 2 is 2.28 bits per heavy atom. The van der Waals surface area contributed by atoms with E-state index < -0.39 is 0 Å². The minimum atomic E-state index is -0.293. The molecule has 0 bridgehead atoms. The van der Waals surface area contributed by atoms with Crippen molar-refractivity contribution in [3.05, 3.63) is 28.8 Å². The molecular formula is C13H16ClNO3. The average Bonchev–Trinajstić information content (AvgIpc) is 2.76. The van der Waals surface area contributed by atoms with E-state index >= 15 is 0 Å². The van der Waals surface area contributed by atoms with Gasteiger partial charge in [0.1, 0.15) is 5.75 Å². The summed E-state index contributed by atoms with van der Waals surface area (Å²) in [6, 6.07) is 4.47. The molecule has 1 aliphatic rings. The lowest BCUT2D eigenvalue weighted by Gasteiger charge is -2.19. The molecular weight excluding hydrogens is 254 g/mol. The minimum Gasteiger partial charge on any atom is -0.507 e. The topological polar surface area (TPSA) is 58.6 Å². The zero-order valence-electron chi connectivity index (χ0n) is 10.1. The fourth-order valence-corrected chi connectivity index (χ4v) is 2.48. The third kappa shape index (κ3) is 2.76. The van der Waals surface area contributed by atoms with Crippen LogP contribution < -0.4 is 5.32 Å². The second-order valence-corrected chi connectivity index (χ2v) is 4.88. The molecule has 1 aromatic carbocycles. The molecule has 98 valence electrons. The second kappa shape index (κ2) is 5.59. The van der Waals surface area contributed by atoms with Gasteiger partial charge >= 0.3 is 0 Å². The number of methoxy groups -OCH3 is 1. The first-order valence-corrected chi connectivity index (χ1v) is 6.32. The Kier molecular flexibility index (Phi) is 4.09. The molecule has 1 saturated carbocycles. The molecule has 0 aromatic heterocycles. The lowest BCUT2D eigenvalue weighted by molar-refractivity contribution is 0.0720. The molecule has 2 unspecified atom stereocenters.